The van der Waals surface area contributed by atoms with Gasteiger partial charge in [-0.2, -0.15) is 0 Å². The molecular weight excluding hydrogens is 278 g/mol. The van der Waals surface area contributed by atoms with E-state index >= 15 is 0 Å². The third-order valence-electron chi connectivity index (χ3n) is 3.52. The van der Waals surface area contributed by atoms with Gasteiger partial charge in [0.25, 0.3) is 0 Å². The van der Waals surface area contributed by atoms with Crippen molar-refractivity contribution in [1.82, 2.24) is 15.0 Å². The number of rotatable bonds is 2. The average molecular weight is 291 g/mol. The van der Waals surface area contributed by atoms with Gasteiger partial charge in [0, 0.05) is 22.7 Å². The average Bonchev–Trinajstić information content (AvgIpc) is 2.86. The highest BCUT2D eigenvalue weighted by atomic mass is 16.5. The van der Waals surface area contributed by atoms with Crippen LogP contribution in [0.2, 0.25) is 0 Å². The van der Waals surface area contributed by atoms with Crippen molar-refractivity contribution in [2.75, 3.05) is 0 Å². The molecule has 108 valence electrons. The summed E-state index contributed by atoms with van der Waals surface area (Å²) in [5.41, 5.74) is 2.82. The Morgan fingerprint density at radius 2 is 1.95 bits per heavy atom. The number of aromatic nitrogens is 3. The van der Waals surface area contributed by atoms with Crippen LogP contribution in [0.4, 0.5) is 0 Å². The molecule has 0 saturated heterocycles. The van der Waals surface area contributed by atoms with Crippen molar-refractivity contribution in [2.45, 2.75) is 6.92 Å². The van der Waals surface area contributed by atoms with Gasteiger partial charge in [-0.1, -0.05) is 0 Å². The molecule has 0 aliphatic carbocycles. The van der Waals surface area contributed by atoms with Crippen LogP contribution in [0.25, 0.3) is 21.8 Å². The van der Waals surface area contributed by atoms with Crippen LogP contribution in [0.15, 0.2) is 48.8 Å². The lowest BCUT2D eigenvalue weighted by atomic mass is 10.2. The number of aromatic amines is 1. The molecule has 2 aromatic carbocycles. The van der Waals surface area contributed by atoms with E-state index in [2.05, 4.69) is 21.0 Å². The molecule has 0 saturated carbocycles. The summed E-state index contributed by atoms with van der Waals surface area (Å²) in [5.74, 6) is 1.34. The molecule has 22 heavy (non-hydrogen) atoms. The van der Waals surface area contributed by atoms with E-state index in [1.165, 1.54) is 6.33 Å². The summed E-state index contributed by atoms with van der Waals surface area (Å²) in [5, 5.41) is 11.4. The monoisotopic (exact) mass is 291 g/mol. The maximum atomic E-state index is 9.53. The second kappa shape index (κ2) is 4.73. The Kier molecular flexibility index (Phi) is 2.72. The number of aromatic hydroxyl groups is 1. The van der Waals surface area contributed by atoms with Crippen LogP contribution < -0.4 is 4.74 Å². The van der Waals surface area contributed by atoms with Crippen molar-refractivity contribution in [1.29, 1.82) is 0 Å². The van der Waals surface area contributed by atoms with Crippen LogP contribution in [-0.4, -0.2) is 20.1 Å². The molecule has 4 rings (SSSR count). The maximum absolute atomic E-state index is 9.53. The Hall–Kier alpha value is -3.08. The second-order valence-corrected chi connectivity index (χ2v) is 5.18. The topological polar surface area (TPSA) is 71.0 Å². The van der Waals surface area contributed by atoms with Crippen molar-refractivity contribution in [3.8, 4) is 17.4 Å². The SMILES string of the molecule is Cc1cc2cc(Oc3ncnc4cc(O)ccc34)ccc2[nH]1. The maximum Gasteiger partial charge on any atom is 0.230 e. The molecule has 0 aliphatic rings. The predicted octanol–water partition coefficient (Wildman–Crippen LogP) is 3.92. The zero-order chi connectivity index (χ0) is 15.1. The molecule has 5 nitrogen and oxygen atoms in total. The van der Waals surface area contributed by atoms with Crippen molar-refractivity contribution < 1.29 is 9.84 Å². The summed E-state index contributed by atoms with van der Waals surface area (Å²) in [6.45, 7) is 2.02. The number of hydrogen-bond donors (Lipinski definition) is 2. The molecule has 4 aromatic rings. The zero-order valence-corrected chi connectivity index (χ0v) is 11.9. The van der Waals surface area contributed by atoms with E-state index in [0.717, 1.165) is 22.0 Å². The number of aryl methyl sites for hydroxylation is 1. The first kappa shape index (κ1) is 12.6. The number of fused-ring (bicyclic) bond motifs is 2. The first-order valence-corrected chi connectivity index (χ1v) is 6.90. The van der Waals surface area contributed by atoms with Gasteiger partial charge in [-0.3, -0.25) is 0 Å². The third-order valence-corrected chi connectivity index (χ3v) is 3.52. The zero-order valence-electron chi connectivity index (χ0n) is 11.9. The molecule has 2 aromatic heterocycles. The fraction of sp³-hybridized carbons (Fsp3) is 0.0588. The van der Waals surface area contributed by atoms with E-state index in [9.17, 15) is 5.11 Å². The van der Waals surface area contributed by atoms with Crippen molar-refractivity contribution in [2.24, 2.45) is 0 Å². The summed E-state index contributed by atoms with van der Waals surface area (Å²) in [6, 6.07) is 12.8. The Morgan fingerprint density at radius 1 is 1.05 bits per heavy atom. The van der Waals surface area contributed by atoms with Gasteiger partial charge in [0.05, 0.1) is 10.9 Å². The van der Waals surface area contributed by atoms with Crippen LogP contribution in [-0.2, 0) is 0 Å². The molecule has 0 aliphatic heterocycles. The second-order valence-electron chi connectivity index (χ2n) is 5.18. The minimum absolute atomic E-state index is 0.168. The van der Waals surface area contributed by atoms with Gasteiger partial charge in [0.1, 0.15) is 17.8 Å². The van der Waals surface area contributed by atoms with Crippen molar-refractivity contribution in [3.05, 3.63) is 54.5 Å². The molecule has 2 N–H and O–H groups in total. The van der Waals surface area contributed by atoms with Crippen LogP contribution >= 0.6 is 0 Å². The van der Waals surface area contributed by atoms with E-state index in [4.69, 9.17) is 4.74 Å². The lowest BCUT2D eigenvalue weighted by Crippen LogP contribution is -1.91. The first-order chi connectivity index (χ1) is 10.7. The number of hydrogen-bond acceptors (Lipinski definition) is 4. The van der Waals surface area contributed by atoms with E-state index in [1.54, 1.807) is 18.2 Å². The smallest absolute Gasteiger partial charge is 0.230 e. The fourth-order valence-corrected chi connectivity index (χ4v) is 2.53. The summed E-state index contributed by atoms with van der Waals surface area (Å²) in [6.07, 6.45) is 1.43. The number of phenolic OH excluding ortho intramolecular Hbond substituents is 1. The number of benzene rings is 2. The Morgan fingerprint density at radius 3 is 2.86 bits per heavy atom. The summed E-state index contributed by atoms with van der Waals surface area (Å²) < 4.78 is 5.90. The van der Waals surface area contributed by atoms with E-state index in [0.29, 0.717) is 17.1 Å². The number of nitrogens with zero attached hydrogens (tertiary/aromatic N) is 2. The minimum Gasteiger partial charge on any atom is -0.508 e. The lowest BCUT2D eigenvalue weighted by Gasteiger charge is -2.07. The Bertz CT molecular complexity index is 992. The molecule has 0 amide bonds. The van der Waals surface area contributed by atoms with E-state index in [1.807, 2.05) is 25.1 Å². The lowest BCUT2D eigenvalue weighted by molar-refractivity contribution is 0.467. The standard InChI is InChI=1S/C17H13N3O2/c1-10-6-11-7-13(3-5-15(11)20-10)22-17-14-4-2-12(21)8-16(14)18-9-19-17/h2-9,20-21H,1H3. The van der Waals surface area contributed by atoms with Gasteiger partial charge in [0.15, 0.2) is 0 Å². The van der Waals surface area contributed by atoms with Crippen LogP contribution in [0.5, 0.6) is 17.4 Å². The molecule has 2 heterocycles. The number of phenols is 1. The predicted molar refractivity (Wildman–Crippen MR) is 84.3 cm³/mol. The van der Waals surface area contributed by atoms with Crippen molar-refractivity contribution >= 4 is 21.8 Å². The molecule has 0 atom stereocenters. The highest BCUT2D eigenvalue weighted by molar-refractivity contribution is 5.85. The highest BCUT2D eigenvalue weighted by Crippen LogP contribution is 2.30. The molecule has 0 unspecified atom stereocenters. The fourth-order valence-electron chi connectivity index (χ4n) is 2.53. The molecule has 0 radical (unpaired) electrons. The molecule has 0 spiro atoms. The Balaban J connectivity index is 1.78. The van der Waals surface area contributed by atoms with Crippen LogP contribution in [0, 0.1) is 6.92 Å². The molecule has 5 heteroatoms. The summed E-state index contributed by atoms with van der Waals surface area (Å²) >= 11 is 0. The van der Waals surface area contributed by atoms with Gasteiger partial charge < -0.3 is 14.8 Å². The number of H-pyrrole nitrogens is 1. The van der Waals surface area contributed by atoms with Gasteiger partial charge in [-0.25, -0.2) is 9.97 Å². The first-order valence-electron chi connectivity index (χ1n) is 6.90. The van der Waals surface area contributed by atoms with Crippen molar-refractivity contribution in [3.63, 3.8) is 0 Å². The third kappa shape index (κ3) is 2.13. The van der Waals surface area contributed by atoms with Gasteiger partial charge >= 0.3 is 0 Å². The molecule has 0 fully saturated rings. The van der Waals surface area contributed by atoms with Gasteiger partial charge in [-0.15, -0.1) is 0 Å². The van der Waals surface area contributed by atoms with Gasteiger partial charge in [-0.05, 0) is 43.3 Å². The molecular formula is C17H13N3O2. The molecule has 0 bridgehead atoms. The number of ether oxygens (including phenoxy) is 1. The Labute approximate surface area is 126 Å². The van der Waals surface area contributed by atoms with Gasteiger partial charge in [0.2, 0.25) is 5.88 Å². The summed E-state index contributed by atoms with van der Waals surface area (Å²) in [7, 11) is 0. The summed E-state index contributed by atoms with van der Waals surface area (Å²) in [4.78, 5) is 11.6. The number of nitrogens with one attached hydrogen (secondary N) is 1. The van der Waals surface area contributed by atoms with Crippen LogP contribution in [0.1, 0.15) is 5.69 Å². The largest absolute Gasteiger partial charge is 0.508 e. The van der Waals surface area contributed by atoms with Crippen LogP contribution in [0.3, 0.4) is 0 Å². The minimum atomic E-state index is 0.168. The quantitative estimate of drug-likeness (QED) is 0.587. The van der Waals surface area contributed by atoms with E-state index in [-0.39, 0.29) is 5.75 Å². The normalized spacial score (nSPS) is 11.1. The van der Waals surface area contributed by atoms with E-state index < -0.39 is 0 Å². The highest BCUT2D eigenvalue weighted by Gasteiger charge is 2.08.